The molecule has 1 aromatic carbocycles. The van der Waals surface area contributed by atoms with Crippen LogP contribution in [0.1, 0.15) is 18.1 Å². The third-order valence-corrected chi connectivity index (χ3v) is 1.97. The predicted molar refractivity (Wildman–Crippen MR) is 54.0 cm³/mol. The first-order valence-corrected chi connectivity index (χ1v) is 4.58. The molecule has 0 bridgehead atoms. The van der Waals surface area contributed by atoms with Gasteiger partial charge in [-0.05, 0) is 24.1 Å². The summed E-state index contributed by atoms with van der Waals surface area (Å²) in [7, 11) is 0. The van der Waals surface area contributed by atoms with Crippen molar-refractivity contribution >= 4 is 17.4 Å². The lowest BCUT2D eigenvalue weighted by Crippen LogP contribution is -2.05. The van der Waals surface area contributed by atoms with Gasteiger partial charge in [0.2, 0.25) is 5.78 Å². The van der Waals surface area contributed by atoms with Gasteiger partial charge in [-0.15, -0.1) is 0 Å². The van der Waals surface area contributed by atoms with Crippen LogP contribution in [0.15, 0.2) is 18.2 Å². The van der Waals surface area contributed by atoms with E-state index < -0.39 is 16.8 Å². The molecular formula is C11H6ClF3O. The van der Waals surface area contributed by atoms with Gasteiger partial charge in [0.25, 0.3) is 0 Å². The number of hydrogen-bond acceptors (Lipinski definition) is 1. The second-order valence-electron chi connectivity index (χ2n) is 3.00. The van der Waals surface area contributed by atoms with Gasteiger partial charge in [-0.25, -0.2) is 0 Å². The van der Waals surface area contributed by atoms with E-state index in [-0.39, 0.29) is 11.3 Å². The molecule has 0 unspecified atom stereocenters. The average molecular weight is 247 g/mol. The van der Waals surface area contributed by atoms with Crippen LogP contribution < -0.4 is 0 Å². The molecule has 0 saturated carbocycles. The maximum Gasteiger partial charge on any atom is 0.417 e. The Morgan fingerprint density at radius 2 is 2.00 bits per heavy atom. The van der Waals surface area contributed by atoms with E-state index in [4.69, 9.17) is 11.6 Å². The Labute approximate surface area is 95.2 Å². The highest BCUT2D eigenvalue weighted by Gasteiger charge is 2.32. The molecular weight excluding hydrogens is 241 g/mol. The molecule has 0 heterocycles. The fourth-order valence-corrected chi connectivity index (χ4v) is 1.27. The fraction of sp³-hybridized carbons (Fsp3) is 0.182. The van der Waals surface area contributed by atoms with E-state index in [0.717, 1.165) is 12.1 Å². The molecule has 1 nitrogen and oxygen atoms in total. The van der Waals surface area contributed by atoms with Gasteiger partial charge in [-0.2, -0.15) is 13.2 Å². The third-order valence-electron chi connectivity index (χ3n) is 1.66. The second-order valence-corrected chi connectivity index (χ2v) is 3.41. The van der Waals surface area contributed by atoms with Crippen LogP contribution in [0.5, 0.6) is 0 Å². The molecule has 0 saturated heterocycles. The monoisotopic (exact) mass is 246 g/mol. The van der Waals surface area contributed by atoms with Gasteiger partial charge in [0.15, 0.2) is 0 Å². The lowest BCUT2D eigenvalue weighted by atomic mass is 10.1. The van der Waals surface area contributed by atoms with Crippen LogP contribution in [0, 0.1) is 11.8 Å². The molecule has 84 valence electrons. The molecule has 5 heteroatoms. The Morgan fingerprint density at radius 3 is 2.44 bits per heavy atom. The summed E-state index contributed by atoms with van der Waals surface area (Å²) in [6, 6.07) is 3.09. The van der Waals surface area contributed by atoms with Crippen molar-refractivity contribution in [1.29, 1.82) is 0 Å². The highest BCUT2D eigenvalue weighted by molar-refractivity contribution is 6.31. The van der Waals surface area contributed by atoms with Crippen LogP contribution in [0.4, 0.5) is 13.2 Å². The molecule has 1 aromatic rings. The molecule has 0 aliphatic rings. The largest absolute Gasteiger partial charge is 0.417 e. The van der Waals surface area contributed by atoms with Gasteiger partial charge in [0.1, 0.15) is 0 Å². The highest BCUT2D eigenvalue weighted by atomic mass is 35.5. The number of ketones is 1. The Morgan fingerprint density at radius 1 is 1.38 bits per heavy atom. The van der Waals surface area contributed by atoms with E-state index in [1.54, 1.807) is 0 Å². The van der Waals surface area contributed by atoms with Crippen LogP contribution in [-0.2, 0) is 11.0 Å². The highest BCUT2D eigenvalue weighted by Crippen LogP contribution is 2.34. The molecule has 0 aromatic heterocycles. The molecule has 0 fully saturated rings. The van der Waals surface area contributed by atoms with Crippen LogP contribution >= 0.6 is 11.6 Å². The molecule has 0 atom stereocenters. The van der Waals surface area contributed by atoms with Gasteiger partial charge in [0.05, 0.1) is 10.6 Å². The topological polar surface area (TPSA) is 17.1 Å². The minimum absolute atomic E-state index is 0.271. The number of benzene rings is 1. The van der Waals surface area contributed by atoms with E-state index in [1.165, 1.54) is 13.0 Å². The van der Waals surface area contributed by atoms with Gasteiger partial charge in [0, 0.05) is 12.5 Å². The summed E-state index contributed by atoms with van der Waals surface area (Å²) in [6.07, 6.45) is -4.48. The van der Waals surface area contributed by atoms with E-state index in [1.807, 2.05) is 0 Å². The van der Waals surface area contributed by atoms with Gasteiger partial charge in [-0.1, -0.05) is 17.5 Å². The van der Waals surface area contributed by atoms with Gasteiger partial charge >= 0.3 is 6.18 Å². The zero-order valence-corrected chi connectivity index (χ0v) is 8.91. The Hall–Kier alpha value is -1.47. The number of rotatable bonds is 0. The van der Waals surface area contributed by atoms with Crippen molar-refractivity contribution in [1.82, 2.24) is 0 Å². The first kappa shape index (κ1) is 12.6. The first-order valence-electron chi connectivity index (χ1n) is 4.20. The average Bonchev–Trinajstić information content (AvgIpc) is 2.12. The summed E-state index contributed by atoms with van der Waals surface area (Å²) >= 11 is 5.46. The van der Waals surface area contributed by atoms with Crippen molar-refractivity contribution in [3.05, 3.63) is 34.3 Å². The molecule has 0 aliphatic heterocycles. The summed E-state index contributed by atoms with van der Waals surface area (Å²) in [4.78, 5) is 10.5. The predicted octanol–water partition coefficient (Wildman–Crippen LogP) is 3.30. The SMILES string of the molecule is CC(=O)C#Cc1ccc(C(F)(F)F)c(Cl)c1. The Balaban J connectivity index is 3.11. The second kappa shape index (κ2) is 4.58. The summed E-state index contributed by atoms with van der Waals surface area (Å²) in [5.41, 5.74) is -0.643. The number of hydrogen-bond donors (Lipinski definition) is 0. The fourth-order valence-electron chi connectivity index (χ4n) is 0.983. The lowest BCUT2D eigenvalue weighted by molar-refractivity contribution is -0.137. The Kier molecular flexibility index (Phi) is 3.61. The van der Waals surface area contributed by atoms with E-state index >= 15 is 0 Å². The smallest absolute Gasteiger partial charge is 0.285 e. The number of Topliss-reactive ketones (excluding diaryl/α,β-unsaturated/α-hetero) is 1. The van der Waals surface area contributed by atoms with Crippen molar-refractivity contribution in [2.75, 3.05) is 0 Å². The standard InChI is InChI=1S/C11H6ClF3O/c1-7(16)2-3-8-4-5-9(10(12)6-8)11(13,14)15/h4-6H,1H3. The minimum atomic E-state index is -4.48. The van der Waals surface area contributed by atoms with E-state index in [0.29, 0.717) is 0 Å². The van der Waals surface area contributed by atoms with E-state index in [2.05, 4.69) is 11.8 Å². The maximum absolute atomic E-state index is 12.3. The van der Waals surface area contributed by atoms with Crippen LogP contribution in [0.2, 0.25) is 5.02 Å². The van der Waals surface area contributed by atoms with Crippen molar-refractivity contribution in [2.24, 2.45) is 0 Å². The molecule has 16 heavy (non-hydrogen) atoms. The molecule has 0 N–H and O–H groups in total. The summed E-state index contributed by atoms with van der Waals surface area (Å²) in [5, 5.41) is -0.428. The Bertz CT molecular complexity index is 480. The minimum Gasteiger partial charge on any atom is -0.285 e. The molecule has 0 radical (unpaired) electrons. The number of carbonyl (C=O) groups is 1. The van der Waals surface area contributed by atoms with Gasteiger partial charge < -0.3 is 0 Å². The summed E-state index contributed by atoms with van der Waals surface area (Å²) in [5.74, 6) is 4.27. The van der Waals surface area contributed by atoms with Crippen molar-refractivity contribution < 1.29 is 18.0 Å². The van der Waals surface area contributed by atoms with Crippen LogP contribution in [-0.4, -0.2) is 5.78 Å². The molecule has 1 rings (SSSR count). The van der Waals surface area contributed by atoms with Crippen molar-refractivity contribution in [2.45, 2.75) is 13.1 Å². The third kappa shape index (κ3) is 3.28. The number of alkyl halides is 3. The normalized spacial score (nSPS) is 10.6. The summed E-state index contributed by atoms with van der Waals surface area (Å²) < 4.78 is 37.0. The lowest BCUT2D eigenvalue weighted by Gasteiger charge is -2.08. The molecule has 0 aliphatic carbocycles. The van der Waals surface area contributed by atoms with Crippen LogP contribution in [0.3, 0.4) is 0 Å². The van der Waals surface area contributed by atoms with Crippen LogP contribution in [0.25, 0.3) is 0 Å². The number of carbonyl (C=O) groups excluding carboxylic acids is 1. The van der Waals surface area contributed by atoms with Crippen molar-refractivity contribution in [3.63, 3.8) is 0 Å². The zero-order valence-electron chi connectivity index (χ0n) is 8.15. The molecule has 0 amide bonds. The van der Waals surface area contributed by atoms with E-state index in [9.17, 15) is 18.0 Å². The first-order chi connectivity index (χ1) is 7.30. The van der Waals surface area contributed by atoms with Crippen molar-refractivity contribution in [3.8, 4) is 11.8 Å². The molecule has 0 spiro atoms. The maximum atomic E-state index is 12.3. The quantitative estimate of drug-likeness (QED) is 0.642. The zero-order chi connectivity index (χ0) is 12.3. The number of halogens is 4. The van der Waals surface area contributed by atoms with Gasteiger partial charge in [-0.3, -0.25) is 4.79 Å². The summed E-state index contributed by atoms with van der Waals surface area (Å²) in [6.45, 7) is 1.26.